The van der Waals surface area contributed by atoms with E-state index >= 15 is 0 Å². The average Bonchev–Trinajstić information content (AvgIpc) is 2.41. The minimum atomic E-state index is -0.211. The van der Waals surface area contributed by atoms with Crippen LogP contribution in [0.4, 0.5) is 10.1 Å². The number of piperazine rings is 1. The SMILES string of the molecule is CCOC(C)=O.Fc1ccc(N2CCNCC2)cc1. The maximum absolute atomic E-state index is 12.6. The molecule has 0 bridgehead atoms. The Hall–Kier alpha value is -1.62. The molecule has 0 radical (unpaired) electrons. The van der Waals surface area contributed by atoms with E-state index in [1.165, 1.54) is 19.1 Å². The summed E-state index contributed by atoms with van der Waals surface area (Å²) >= 11 is 0. The smallest absolute Gasteiger partial charge is 0.302 e. The number of ether oxygens (including phenoxy) is 1. The number of nitrogens with zero attached hydrogens (tertiary/aromatic N) is 1. The first-order chi connectivity index (χ1) is 9.13. The first-order valence-corrected chi connectivity index (χ1v) is 6.48. The van der Waals surface area contributed by atoms with Crippen molar-refractivity contribution in [1.82, 2.24) is 5.32 Å². The predicted molar refractivity (Wildman–Crippen MR) is 73.8 cm³/mol. The quantitative estimate of drug-likeness (QED) is 0.831. The molecule has 0 spiro atoms. The summed E-state index contributed by atoms with van der Waals surface area (Å²) in [4.78, 5) is 12.1. The summed E-state index contributed by atoms with van der Waals surface area (Å²) in [5.41, 5.74) is 1.11. The van der Waals surface area contributed by atoms with Gasteiger partial charge in [0.2, 0.25) is 0 Å². The molecule has 0 amide bonds. The first kappa shape index (κ1) is 15.4. The van der Waals surface area contributed by atoms with Gasteiger partial charge in [-0.1, -0.05) is 0 Å². The van der Waals surface area contributed by atoms with Crippen molar-refractivity contribution in [2.75, 3.05) is 37.7 Å². The molecular weight excluding hydrogens is 247 g/mol. The van der Waals surface area contributed by atoms with Crippen molar-refractivity contribution in [1.29, 1.82) is 0 Å². The molecule has 4 nitrogen and oxygen atoms in total. The van der Waals surface area contributed by atoms with Gasteiger partial charge in [-0.25, -0.2) is 4.39 Å². The van der Waals surface area contributed by atoms with Crippen molar-refractivity contribution in [2.24, 2.45) is 0 Å². The van der Waals surface area contributed by atoms with Crippen LogP contribution in [0.15, 0.2) is 24.3 Å². The molecule has 1 aliphatic rings. The van der Waals surface area contributed by atoms with Crippen molar-refractivity contribution in [2.45, 2.75) is 13.8 Å². The molecule has 0 aliphatic carbocycles. The van der Waals surface area contributed by atoms with Gasteiger partial charge in [-0.3, -0.25) is 4.79 Å². The van der Waals surface area contributed by atoms with Gasteiger partial charge in [0.15, 0.2) is 0 Å². The number of nitrogens with one attached hydrogen (secondary N) is 1. The molecule has 1 aromatic carbocycles. The highest BCUT2D eigenvalue weighted by molar-refractivity contribution is 5.65. The van der Waals surface area contributed by atoms with Crippen LogP contribution in [-0.2, 0) is 9.53 Å². The number of rotatable bonds is 2. The Labute approximate surface area is 113 Å². The lowest BCUT2D eigenvalue weighted by molar-refractivity contribution is -0.140. The fourth-order valence-corrected chi connectivity index (χ4v) is 1.78. The molecule has 1 N–H and O–H groups in total. The van der Waals surface area contributed by atoms with Crippen LogP contribution in [0.5, 0.6) is 0 Å². The summed E-state index contributed by atoms with van der Waals surface area (Å²) in [6.45, 7) is 7.69. The lowest BCUT2D eigenvalue weighted by atomic mass is 10.2. The van der Waals surface area contributed by atoms with Crippen LogP contribution in [0.1, 0.15) is 13.8 Å². The van der Waals surface area contributed by atoms with Gasteiger partial charge >= 0.3 is 5.97 Å². The Kier molecular flexibility index (Phi) is 6.89. The molecule has 0 saturated carbocycles. The van der Waals surface area contributed by atoms with E-state index in [1.54, 1.807) is 6.92 Å². The van der Waals surface area contributed by atoms with E-state index in [0.29, 0.717) is 6.61 Å². The van der Waals surface area contributed by atoms with E-state index in [9.17, 15) is 9.18 Å². The number of hydrogen-bond acceptors (Lipinski definition) is 4. The summed E-state index contributed by atoms with van der Waals surface area (Å²) in [5, 5.41) is 3.28. The predicted octanol–water partition coefficient (Wildman–Crippen LogP) is 1.80. The van der Waals surface area contributed by atoms with Crippen LogP contribution in [0.3, 0.4) is 0 Å². The second kappa shape index (κ2) is 8.48. The average molecular weight is 268 g/mol. The van der Waals surface area contributed by atoms with Crippen molar-refractivity contribution < 1.29 is 13.9 Å². The minimum Gasteiger partial charge on any atom is -0.466 e. The highest BCUT2D eigenvalue weighted by Gasteiger charge is 2.09. The third kappa shape index (κ3) is 6.20. The lowest BCUT2D eigenvalue weighted by Crippen LogP contribution is -2.43. The lowest BCUT2D eigenvalue weighted by Gasteiger charge is -2.29. The number of carbonyl (C=O) groups excluding carboxylic acids is 1. The van der Waals surface area contributed by atoms with Gasteiger partial charge in [0.1, 0.15) is 5.82 Å². The van der Waals surface area contributed by atoms with E-state index in [1.807, 2.05) is 12.1 Å². The van der Waals surface area contributed by atoms with Crippen LogP contribution < -0.4 is 10.2 Å². The van der Waals surface area contributed by atoms with E-state index in [0.717, 1.165) is 31.9 Å². The van der Waals surface area contributed by atoms with Gasteiger partial charge in [-0.2, -0.15) is 0 Å². The Morgan fingerprint density at radius 1 is 1.32 bits per heavy atom. The zero-order chi connectivity index (χ0) is 14.1. The van der Waals surface area contributed by atoms with E-state index in [4.69, 9.17) is 0 Å². The second-order valence-electron chi connectivity index (χ2n) is 4.14. The molecule has 1 saturated heterocycles. The summed E-state index contributed by atoms with van der Waals surface area (Å²) < 4.78 is 17.0. The molecule has 1 aliphatic heterocycles. The Balaban J connectivity index is 0.000000258. The van der Waals surface area contributed by atoms with Crippen molar-refractivity contribution >= 4 is 11.7 Å². The summed E-state index contributed by atoms with van der Waals surface area (Å²) in [5.74, 6) is -0.378. The number of esters is 1. The fourth-order valence-electron chi connectivity index (χ4n) is 1.78. The molecule has 2 rings (SSSR count). The summed E-state index contributed by atoms with van der Waals surface area (Å²) in [6.07, 6.45) is 0. The van der Waals surface area contributed by atoms with Crippen LogP contribution in [-0.4, -0.2) is 38.8 Å². The van der Waals surface area contributed by atoms with Gasteiger partial charge < -0.3 is 15.0 Å². The van der Waals surface area contributed by atoms with Crippen molar-refractivity contribution in [3.05, 3.63) is 30.1 Å². The number of benzene rings is 1. The molecule has 1 aromatic rings. The molecule has 5 heteroatoms. The second-order valence-corrected chi connectivity index (χ2v) is 4.14. The standard InChI is InChI=1S/C10H13FN2.C4H8O2/c11-9-1-3-10(4-2-9)13-7-5-12-6-8-13;1-3-6-4(2)5/h1-4,12H,5-8H2;3H2,1-2H3. The van der Waals surface area contributed by atoms with Gasteiger partial charge in [-0.15, -0.1) is 0 Å². The first-order valence-electron chi connectivity index (χ1n) is 6.48. The molecule has 19 heavy (non-hydrogen) atoms. The highest BCUT2D eigenvalue weighted by atomic mass is 19.1. The van der Waals surface area contributed by atoms with E-state index in [-0.39, 0.29) is 11.8 Å². The largest absolute Gasteiger partial charge is 0.466 e. The van der Waals surface area contributed by atoms with Crippen LogP contribution in [0.25, 0.3) is 0 Å². The van der Waals surface area contributed by atoms with E-state index in [2.05, 4.69) is 15.0 Å². The molecule has 0 atom stereocenters. The van der Waals surface area contributed by atoms with Gasteiger partial charge in [0.25, 0.3) is 0 Å². The Morgan fingerprint density at radius 2 is 1.89 bits per heavy atom. The molecule has 0 aromatic heterocycles. The third-order valence-electron chi connectivity index (χ3n) is 2.66. The fraction of sp³-hybridized carbons (Fsp3) is 0.500. The van der Waals surface area contributed by atoms with Crippen LogP contribution in [0, 0.1) is 5.82 Å². The van der Waals surface area contributed by atoms with Crippen molar-refractivity contribution in [3.8, 4) is 0 Å². The monoisotopic (exact) mass is 268 g/mol. The van der Waals surface area contributed by atoms with Crippen LogP contribution >= 0.6 is 0 Å². The topological polar surface area (TPSA) is 41.6 Å². The van der Waals surface area contributed by atoms with Gasteiger partial charge in [-0.05, 0) is 31.2 Å². The Bertz CT molecular complexity index is 376. The number of carbonyl (C=O) groups is 1. The molecule has 106 valence electrons. The van der Waals surface area contributed by atoms with Gasteiger partial charge in [0.05, 0.1) is 6.61 Å². The third-order valence-corrected chi connectivity index (χ3v) is 2.66. The van der Waals surface area contributed by atoms with Crippen molar-refractivity contribution in [3.63, 3.8) is 0 Å². The molecule has 1 heterocycles. The normalized spacial score (nSPS) is 14.4. The number of anilines is 1. The molecule has 0 unspecified atom stereocenters. The number of halogens is 1. The van der Waals surface area contributed by atoms with Crippen LogP contribution in [0.2, 0.25) is 0 Å². The zero-order valence-corrected chi connectivity index (χ0v) is 11.5. The summed E-state index contributed by atoms with van der Waals surface area (Å²) in [6, 6.07) is 6.69. The maximum atomic E-state index is 12.6. The molecular formula is C14H21FN2O2. The maximum Gasteiger partial charge on any atom is 0.302 e. The van der Waals surface area contributed by atoms with Gasteiger partial charge in [0, 0.05) is 38.8 Å². The number of hydrogen-bond donors (Lipinski definition) is 1. The van der Waals surface area contributed by atoms with E-state index < -0.39 is 0 Å². The Morgan fingerprint density at radius 3 is 2.32 bits per heavy atom. The summed E-state index contributed by atoms with van der Waals surface area (Å²) in [7, 11) is 0. The zero-order valence-electron chi connectivity index (χ0n) is 11.5. The highest BCUT2D eigenvalue weighted by Crippen LogP contribution is 2.14. The minimum absolute atomic E-state index is 0.168. The molecule has 1 fully saturated rings.